The highest BCUT2D eigenvalue weighted by molar-refractivity contribution is 6.10. The second kappa shape index (κ2) is 7.10. The van der Waals surface area contributed by atoms with E-state index in [1.54, 1.807) is 5.32 Å². The topological polar surface area (TPSA) is 69.7 Å². The Morgan fingerprint density at radius 1 is 1.14 bits per heavy atom. The third-order valence-electron chi connectivity index (χ3n) is 5.25. The first-order valence-electron chi connectivity index (χ1n) is 9.10. The number of nitrogens with one attached hydrogen (secondary N) is 1. The minimum atomic E-state index is -5.06. The van der Waals surface area contributed by atoms with Gasteiger partial charge < -0.3 is 10.2 Å². The zero-order chi connectivity index (χ0) is 20.7. The number of amides is 4. The fourth-order valence-electron chi connectivity index (χ4n) is 4.06. The number of alkyl halides is 3. The second-order valence-corrected chi connectivity index (χ2v) is 7.68. The predicted molar refractivity (Wildman–Crippen MR) is 93.9 cm³/mol. The number of carbonyl (C=O) groups excluding carboxylic acids is 3. The summed E-state index contributed by atoms with van der Waals surface area (Å²) in [6, 6.07) is 5.25. The first kappa shape index (κ1) is 20.2. The lowest BCUT2D eigenvalue weighted by molar-refractivity contribution is -0.198. The molecule has 0 spiro atoms. The van der Waals surface area contributed by atoms with Gasteiger partial charge in [-0.2, -0.15) is 13.2 Å². The van der Waals surface area contributed by atoms with Gasteiger partial charge in [0.15, 0.2) is 0 Å². The summed E-state index contributed by atoms with van der Waals surface area (Å²) in [5.41, 5.74) is -3.58. The van der Waals surface area contributed by atoms with E-state index < -0.39 is 41.7 Å². The molecule has 1 aromatic rings. The molecule has 0 aliphatic carbocycles. The van der Waals surface area contributed by atoms with Crippen LogP contribution in [0.25, 0.3) is 0 Å². The Kier molecular flexibility index (Phi) is 5.12. The van der Waals surface area contributed by atoms with Gasteiger partial charge >= 0.3 is 12.2 Å². The Labute approximate surface area is 160 Å². The Balaban J connectivity index is 1.87. The summed E-state index contributed by atoms with van der Waals surface area (Å²) in [5, 5.41) is 1.79. The fourth-order valence-corrected chi connectivity index (χ4v) is 4.06. The zero-order valence-electron chi connectivity index (χ0n) is 15.6. The van der Waals surface area contributed by atoms with Crippen LogP contribution in [0.2, 0.25) is 0 Å². The van der Waals surface area contributed by atoms with Crippen molar-refractivity contribution in [2.75, 3.05) is 19.6 Å². The third-order valence-corrected chi connectivity index (χ3v) is 5.25. The lowest BCUT2D eigenvalue weighted by Gasteiger charge is -2.35. The number of urea groups is 1. The SMILES string of the molecule is CC1CC(C)CN(C(=O)CN2C(=O)NC(c3ccccc3)(C(F)(F)F)C2=O)C1. The Morgan fingerprint density at radius 3 is 2.25 bits per heavy atom. The summed E-state index contributed by atoms with van der Waals surface area (Å²) in [6.07, 6.45) is -4.12. The van der Waals surface area contributed by atoms with E-state index >= 15 is 0 Å². The van der Waals surface area contributed by atoms with Crippen molar-refractivity contribution in [3.63, 3.8) is 0 Å². The van der Waals surface area contributed by atoms with Crippen LogP contribution in [0.3, 0.4) is 0 Å². The highest BCUT2D eigenvalue weighted by atomic mass is 19.4. The second-order valence-electron chi connectivity index (χ2n) is 7.68. The van der Waals surface area contributed by atoms with Crippen molar-refractivity contribution in [1.82, 2.24) is 15.1 Å². The van der Waals surface area contributed by atoms with Crippen molar-refractivity contribution < 1.29 is 27.6 Å². The number of hydrogen-bond donors (Lipinski definition) is 1. The number of hydrogen-bond acceptors (Lipinski definition) is 3. The monoisotopic (exact) mass is 397 g/mol. The minimum absolute atomic E-state index is 0.245. The van der Waals surface area contributed by atoms with Crippen LogP contribution in [0.15, 0.2) is 30.3 Å². The van der Waals surface area contributed by atoms with E-state index in [9.17, 15) is 27.6 Å². The number of carbonyl (C=O) groups is 3. The molecule has 152 valence electrons. The normalized spacial score (nSPS) is 28.5. The quantitative estimate of drug-likeness (QED) is 0.797. The van der Waals surface area contributed by atoms with Gasteiger partial charge in [-0.15, -0.1) is 0 Å². The van der Waals surface area contributed by atoms with Gasteiger partial charge in [-0.25, -0.2) is 4.79 Å². The molecule has 0 aromatic heterocycles. The maximum atomic E-state index is 13.9. The summed E-state index contributed by atoms with van der Waals surface area (Å²) in [4.78, 5) is 39.6. The molecule has 3 rings (SSSR count). The summed E-state index contributed by atoms with van der Waals surface area (Å²) in [7, 11) is 0. The van der Waals surface area contributed by atoms with Gasteiger partial charge in [0.2, 0.25) is 11.4 Å². The Morgan fingerprint density at radius 2 is 1.71 bits per heavy atom. The van der Waals surface area contributed by atoms with Crippen LogP contribution < -0.4 is 5.32 Å². The van der Waals surface area contributed by atoms with Crippen molar-refractivity contribution in [2.24, 2.45) is 11.8 Å². The van der Waals surface area contributed by atoms with Crippen molar-refractivity contribution in [3.8, 4) is 0 Å². The van der Waals surface area contributed by atoms with E-state index in [4.69, 9.17) is 0 Å². The Hall–Kier alpha value is -2.58. The van der Waals surface area contributed by atoms with E-state index in [1.165, 1.54) is 23.1 Å². The number of halogens is 3. The van der Waals surface area contributed by atoms with Crippen LogP contribution in [0.4, 0.5) is 18.0 Å². The van der Waals surface area contributed by atoms with Crippen LogP contribution in [-0.2, 0) is 15.1 Å². The maximum Gasteiger partial charge on any atom is 0.425 e. The Bertz CT molecular complexity index is 774. The molecule has 0 bridgehead atoms. The lowest BCUT2D eigenvalue weighted by atomic mass is 9.89. The number of rotatable bonds is 3. The molecule has 2 aliphatic heterocycles. The summed E-state index contributed by atoms with van der Waals surface area (Å²) in [5.74, 6) is -1.53. The molecule has 2 saturated heterocycles. The van der Waals surface area contributed by atoms with Gasteiger partial charge in [0.25, 0.3) is 5.91 Å². The number of piperidine rings is 1. The van der Waals surface area contributed by atoms with E-state index in [2.05, 4.69) is 0 Å². The molecular weight excluding hydrogens is 375 g/mol. The van der Waals surface area contributed by atoms with Crippen molar-refractivity contribution >= 4 is 17.8 Å². The van der Waals surface area contributed by atoms with Crippen molar-refractivity contribution in [1.29, 1.82) is 0 Å². The summed E-state index contributed by atoms with van der Waals surface area (Å²) in [6.45, 7) is 4.15. The van der Waals surface area contributed by atoms with Crippen molar-refractivity contribution in [2.45, 2.75) is 32.0 Å². The first-order valence-corrected chi connectivity index (χ1v) is 9.10. The standard InChI is InChI=1S/C19H22F3N3O3/c1-12-8-13(2)10-24(9-12)15(26)11-25-16(27)18(19(20,21)22,23-17(25)28)14-6-4-3-5-7-14/h3-7,12-13H,8-11H2,1-2H3,(H,23,28). The number of likely N-dealkylation sites (tertiary alicyclic amines) is 1. The highest BCUT2D eigenvalue weighted by Gasteiger charge is 2.68. The van der Waals surface area contributed by atoms with Gasteiger partial charge in [0.1, 0.15) is 6.54 Å². The molecule has 0 saturated carbocycles. The number of imide groups is 1. The van der Waals surface area contributed by atoms with Gasteiger partial charge in [-0.3, -0.25) is 14.5 Å². The van der Waals surface area contributed by atoms with E-state index in [-0.39, 0.29) is 11.8 Å². The first-order chi connectivity index (χ1) is 13.1. The summed E-state index contributed by atoms with van der Waals surface area (Å²) >= 11 is 0. The molecule has 28 heavy (non-hydrogen) atoms. The van der Waals surface area contributed by atoms with E-state index in [0.717, 1.165) is 18.6 Å². The molecule has 2 aliphatic rings. The van der Waals surface area contributed by atoms with Crippen LogP contribution in [-0.4, -0.2) is 53.5 Å². The average Bonchev–Trinajstić information content (AvgIpc) is 2.87. The van der Waals surface area contributed by atoms with Gasteiger partial charge in [-0.05, 0) is 23.8 Å². The molecular formula is C19H22F3N3O3. The smallest absolute Gasteiger partial charge is 0.341 e. The molecule has 2 fully saturated rings. The highest BCUT2D eigenvalue weighted by Crippen LogP contribution is 2.43. The third kappa shape index (κ3) is 3.33. The van der Waals surface area contributed by atoms with Crippen LogP contribution in [0, 0.1) is 11.8 Å². The molecule has 3 atom stereocenters. The zero-order valence-corrected chi connectivity index (χ0v) is 15.6. The van der Waals surface area contributed by atoms with Crippen molar-refractivity contribution in [3.05, 3.63) is 35.9 Å². The molecule has 2 heterocycles. The van der Waals surface area contributed by atoms with Gasteiger partial charge in [-0.1, -0.05) is 44.2 Å². The van der Waals surface area contributed by atoms with Gasteiger partial charge in [0, 0.05) is 13.1 Å². The lowest BCUT2D eigenvalue weighted by Crippen LogP contribution is -2.56. The minimum Gasteiger partial charge on any atom is -0.341 e. The van der Waals surface area contributed by atoms with Crippen LogP contribution >= 0.6 is 0 Å². The summed E-state index contributed by atoms with van der Waals surface area (Å²) < 4.78 is 41.8. The average molecular weight is 397 g/mol. The van der Waals surface area contributed by atoms with E-state index in [1.807, 2.05) is 13.8 Å². The van der Waals surface area contributed by atoms with Crippen LogP contribution in [0.5, 0.6) is 0 Å². The fraction of sp³-hybridized carbons (Fsp3) is 0.526. The van der Waals surface area contributed by atoms with Gasteiger partial charge in [0.05, 0.1) is 0 Å². The van der Waals surface area contributed by atoms with E-state index in [0.29, 0.717) is 18.0 Å². The number of benzene rings is 1. The molecule has 1 N–H and O–H groups in total. The molecule has 0 radical (unpaired) electrons. The molecule has 6 nitrogen and oxygen atoms in total. The number of nitrogens with zero attached hydrogens (tertiary/aromatic N) is 2. The molecule has 4 amide bonds. The van der Waals surface area contributed by atoms with Crippen LogP contribution in [0.1, 0.15) is 25.8 Å². The predicted octanol–water partition coefficient (Wildman–Crippen LogP) is 2.50. The molecule has 9 heteroatoms. The molecule has 1 aromatic carbocycles. The molecule has 3 unspecified atom stereocenters. The maximum absolute atomic E-state index is 13.9. The largest absolute Gasteiger partial charge is 0.425 e.